The van der Waals surface area contributed by atoms with E-state index in [2.05, 4.69) is 11.4 Å². The van der Waals surface area contributed by atoms with Crippen LogP contribution in [0.25, 0.3) is 0 Å². The maximum Gasteiger partial charge on any atom is 0.254 e. The standard InChI is InChI=1S/C23H26ClN3O2.ClH/c24-18-6-3-5-17(12-18)23(15-25)10-8-19(9-11-23)26-21(28)14-27-13-16-4-1-2-7-20(16)22(27)29;/h1-7,12,19H,8-11,13-15,25H2,(H,26,28);1H/t19-,23-;. The maximum atomic E-state index is 12.6. The molecule has 0 unspecified atom stereocenters. The van der Waals surface area contributed by atoms with Gasteiger partial charge in [0.1, 0.15) is 6.54 Å². The number of nitrogens with two attached hydrogens (primary N) is 1. The molecule has 5 nitrogen and oxygen atoms in total. The molecular weight excluding hydrogens is 421 g/mol. The van der Waals surface area contributed by atoms with Crippen LogP contribution in [0.1, 0.15) is 47.2 Å². The molecule has 1 aliphatic heterocycles. The summed E-state index contributed by atoms with van der Waals surface area (Å²) in [6, 6.07) is 15.6. The molecule has 0 bridgehead atoms. The van der Waals surface area contributed by atoms with E-state index in [1.807, 2.05) is 42.5 Å². The molecule has 0 atom stereocenters. The summed E-state index contributed by atoms with van der Waals surface area (Å²) < 4.78 is 0. The fraction of sp³-hybridized carbons (Fsp3) is 0.391. The highest BCUT2D eigenvalue weighted by atomic mass is 35.5. The van der Waals surface area contributed by atoms with Crippen LogP contribution >= 0.6 is 24.0 Å². The molecule has 4 rings (SSSR count). The molecule has 1 aliphatic carbocycles. The molecule has 1 heterocycles. The summed E-state index contributed by atoms with van der Waals surface area (Å²) in [6.45, 7) is 1.16. The average Bonchev–Trinajstić information content (AvgIpc) is 3.04. The molecule has 0 spiro atoms. The third-order valence-electron chi connectivity index (χ3n) is 6.37. The summed E-state index contributed by atoms with van der Waals surface area (Å²) >= 11 is 6.18. The lowest BCUT2D eigenvalue weighted by Crippen LogP contribution is -2.47. The average molecular weight is 448 g/mol. The summed E-state index contributed by atoms with van der Waals surface area (Å²) in [5.74, 6) is -0.165. The number of hydrogen-bond acceptors (Lipinski definition) is 3. The number of rotatable bonds is 5. The van der Waals surface area contributed by atoms with E-state index in [9.17, 15) is 9.59 Å². The largest absolute Gasteiger partial charge is 0.352 e. The normalized spacial score (nSPS) is 22.9. The van der Waals surface area contributed by atoms with Gasteiger partial charge >= 0.3 is 0 Å². The van der Waals surface area contributed by atoms with Crippen LogP contribution in [0.3, 0.4) is 0 Å². The third kappa shape index (κ3) is 4.48. The fourth-order valence-corrected chi connectivity index (χ4v) is 4.82. The Morgan fingerprint density at radius 3 is 2.57 bits per heavy atom. The number of fused-ring (bicyclic) bond motifs is 1. The van der Waals surface area contributed by atoms with Gasteiger partial charge in [0.25, 0.3) is 5.91 Å². The van der Waals surface area contributed by atoms with Gasteiger partial charge in [-0.25, -0.2) is 0 Å². The molecule has 0 saturated heterocycles. The van der Waals surface area contributed by atoms with Gasteiger partial charge in [0.15, 0.2) is 0 Å². The lowest BCUT2D eigenvalue weighted by Gasteiger charge is -2.40. The number of nitrogens with zero attached hydrogens (tertiary/aromatic N) is 1. The molecule has 3 N–H and O–H groups in total. The Hall–Kier alpha value is -2.08. The van der Waals surface area contributed by atoms with Crippen LogP contribution in [0.5, 0.6) is 0 Å². The molecule has 0 aromatic heterocycles. The molecule has 0 radical (unpaired) electrons. The molecule has 1 saturated carbocycles. The summed E-state index contributed by atoms with van der Waals surface area (Å²) in [5, 5.41) is 3.84. The van der Waals surface area contributed by atoms with Gasteiger partial charge < -0.3 is 16.0 Å². The SMILES string of the molecule is Cl.NC[C@]1(c2cccc(Cl)c2)CC[C@H](NC(=O)CN2Cc3ccccc3C2=O)CC1. The molecule has 160 valence electrons. The number of nitrogens with one attached hydrogen (secondary N) is 1. The quantitative estimate of drug-likeness (QED) is 0.733. The van der Waals surface area contributed by atoms with Crippen molar-refractivity contribution in [1.82, 2.24) is 10.2 Å². The van der Waals surface area contributed by atoms with E-state index in [4.69, 9.17) is 17.3 Å². The zero-order valence-corrected chi connectivity index (χ0v) is 18.3. The van der Waals surface area contributed by atoms with E-state index in [0.29, 0.717) is 18.7 Å². The van der Waals surface area contributed by atoms with E-state index in [1.165, 1.54) is 5.56 Å². The second-order valence-electron chi connectivity index (χ2n) is 8.15. The van der Waals surface area contributed by atoms with Gasteiger partial charge in [-0.1, -0.05) is 41.9 Å². The minimum absolute atomic E-state index is 0. The highest BCUT2D eigenvalue weighted by Crippen LogP contribution is 2.39. The summed E-state index contributed by atoms with van der Waals surface area (Å²) in [5.41, 5.74) is 8.94. The topological polar surface area (TPSA) is 75.4 Å². The molecule has 30 heavy (non-hydrogen) atoms. The van der Waals surface area contributed by atoms with Crippen molar-refractivity contribution in [3.8, 4) is 0 Å². The van der Waals surface area contributed by atoms with E-state index >= 15 is 0 Å². The van der Waals surface area contributed by atoms with Crippen molar-refractivity contribution in [2.24, 2.45) is 5.73 Å². The van der Waals surface area contributed by atoms with Crippen LogP contribution in [0.2, 0.25) is 5.02 Å². The first-order valence-electron chi connectivity index (χ1n) is 10.1. The molecule has 1 fully saturated rings. The Bertz CT molecular complexity index is 926. The minimum Gasteiger partial charge on any atom is -0.352 e. The van der Waals surface area contributed by atoms with E-state index in [1.54, 1.807) is 4.90 Å². The zero-order chi connectivity index (χ0) is 20.4. The molecule has 2 aliphatic rings. The van der Waals surface area contributed by atoms with Gasteiger partial charge in [-0.05, 0) is 55.0 Å². The molecular formula is C23H27Cl2N3O2. The smallest absolute Gasteiger partial charge is 0.254 e. The number of halogens is 2. The second-order valence-corrected chi connectivity index (χ2v) is 8.59. The Kier molecular flexibility index (Phi) is 7.06. The lowest BCUT2D eigenvalue weighted by molar-refractivity contribution is -0.122. The van der Waals surface area contributed by atoms with Crippen molar-refractivity contribution in [3.63, 3.8) is 0 Å². The van der Waals surface area contributed by atoms with Crippen LogP contribution in [-0.4, -0.2) is 35.8 Å². The Morgan fingerprint density at radius 1 is 1.17 bits per heavy atom. The first-order valence-corrected chi connectivity index (χ1v) is 10.5. The van der Waals surface area contributed by atoms with Crippen LogP contribution < -0.4 is 11.1 Å². The second kappa shape index (κ2) is 9.38. The number of hydrogen-bond donors (Lipinski definition) is 2. The van der Waals surface area contributed by atoms with Crippen molar-refractivity contribution >= 4 is 35.8 Å². The first-order chi connectivity index (χ1) is 14.0. The lowest BCUT2D eigenvalue weighted by atomic mass is 9.68. The van der Waals surface area contributed by atoms with Crippen LogP contribution in [-0.2, 0) is 16.8 Å². The summed E-state index contributed by atoms with van der Waals surface area (Å²) in [6.07, 6.45) is 3.54. The van der Waals surface area contributed by atoms with Crippen molar-refractivity contribution < 1.29 is 9.59 Å². The van der Waals surface area contributed by atoms with Crippen molar-refractivity contribution in [3.05, 3.63) is 70.2 Å². The van der Waals surface area contributed by atoms with Crippen molar-refractivity contribution in [1.29, 1.82) is 0 Å². The van der Waals surface area contributed by atoms with Gasteiger partial charge in [0.05, 0.1) is 0 Å². The van der Waals surface area contributed by atoms with Gasteiger partial charge in [-0.2, -0.15) is 0 Å². The maximum absolute atomic E-state index is 12.6. The van der Waals surface area contributed by atoms with E-state index in [-0.39, 0.29) is 42.2 Å². The highest BCUT2D eigenvalue weighted by Gasteiger charge is 2.36. The van der Waals surface area contributed by atoms with Crippen molar-refractivity contribution in [2.75, 3.05) is 13.1 Å². The van der Waals surface area contributed by atoms with Gasteiger partial charge in [0, 0.05) is 35.1 Å². The Balaban J connectivity index is 0.00000256. The number of amides is 2. The van der Waals surface area contributed by atoms with E-state index in [0.717, 1.165) is 36.3 Å². The Morgan fingerprint density at radius 2 is 1.90 bits per heavy atom. The van der Waals surface area contributed by atoms with Crippen molar-refractivity contribution in [2.45, 2.75) is 43.7 Å². The fourth-order valence-electron chi connectivity index (χ4n) is 4.63. The predicted molar refractivity (Wildman–Crippen MR) is 121 cm³/mol. The van der Waals surface area contributed by atoms with Gasteiger partial charge in [-0.3, -0.25) is 9.59 Å². The molecule has 7 heteroatoms. The molecule has 2 aromatic rings. The number of carbonyl (C=O) groups excluding carboxylic acids is 2. The number of benzene rings is 2. The number of carbonyl (C=O) groups is 2. The molecule has 2 aromatic carbocycles. The van der Waals surface area contributed by atoms with Crippen LogP contribution in [0, 0.1) is 0 Å². The first kappa shape index (κ1) is 22.6. The highest BCUT2D eigenvalue weighted by molar-refractivity contribution is 6.30. The predicted octanol–water partition coefficient (Wildman–Crippen LogP) is 3.67. The van der Waals surface area contributed by atoms with E-state index < -0.39 is 0 Å². The van der Waals surface area contributed by atoms with Gasteiger partial charge in [-0.15, -0.1) is 12.4 Å². The molecule has 2 amide bonds. The monoisotopic (exact) mass is 447 g/mol. The van der Waals surface area contributed by atoms with Crippen LogP contribution in [0.15, 0.2) is 48.5 Å². The zero-order valence-electron chi connectivity index (χ0n) is 16.8. The minimum atomic E-state index is -0.0980. The Labute approximate surface area is 188 Å². The van der Waals surface area contributed by atoms with Gasteiger partial charge in [0.2, 0.25) is 5.91 Å². The van der Waals surface area contributed by atoms with Crippen LogP contribution in [0.4, 0.5) is 0 Å². The third-order valence-corrected chi connectivity index (χ3v) is 6.60. The summed E-state index contributed by atoms with van der Waals surface area (Å²) in [7, 11) is 0. The summed E-state index contributed by atoms with van der Waals surface area (Å²) in [4.78, 5) is 26.6.